The molecular formula is C17H20FN5O4. The van der Waals surface area contributed by atoms with Gasteiger partial charge in [0.1, 0.15) is 5.69 Å². The van der Waals surface area contributed by atoms with Crippen LogP contribution in [-0.2, 0) is 7.05 Å². The Kier molecular flexibility index (Phi) is 5.26. The third kappa shape index (κ3) is 4.34. The minimum atomic E-state index is -0.850. The maximum atomic E-state index is 13.4. The molecule has 144 valence electrons. The van der Waals surface area contributed by atoms with Crippen molar-refractivity contribution in [1.29, 1.82) is 0 Å². The number of amides is 3. The molecule has 0 radical (unpaired) electrons. The number of hydrogen-bond acceptors (Lipinski definition) is 5. The quantitative estimate of drug-likeness (QED) is 0.605. The molecule has 1 aromatic carbocycles. The van der Waals surface area contributed by atoms with Gasteiger partial charge in [-0.15, -0.1) is 0 Å². The topological polar surface area (TPSA) is 120 Å². The van der Waals surface area contributed by atoms with Gasteiger partial charge in [-0.1, -0.05) is 0 Å². The molecule has 2 heterocycles. The Morgan fingerprint density at radius 1 is 1.22 bits per heavy atom. The Hall–Kier alpha value is -3.14. The third-order valence-corrected chi connectivity index (χ3v) is 4.30. The highest BCUT2D eigenvalue weighted by molar-refractivity contribution is 6.04. The smallest absolute Gasteiger partial charge is 0.323 e. The number of aryl methyl sites for hydroxylation is 1. The van der Waals surface area contributed by atoms with E-state index in [1.54, 1.807) is 11.9 Å². The third-order valence-electron chi connectivity index (χ3n) is 4.30. The van der Waals surface area contributed by atoms with E-state index in [1.165, 1.54) is 16.8 Å². The molecule has 3 amide bonds. The van der Waals surface area contributed by atoms with E-state index in [2.05, 4.69) is 15.7 Å². The first-order valence-electron chi connectivity index (χ1n) is 8.41. The molecule has 3 rings (SSSR count). The van der Waals surface area contributed by atoms with Crippen molar-refractivity contribution in [2.45, 2.75) is 18.9 Å². The second-order valence-electron chi connectivity index (χ2n) is 6.31. The monoisotopic (exact) mass is 377 g/mol. The van der Waals surface area contributed by atoms with Crippen molar-refractivity contribution in [1.82, 2.24) is 14.7 Å². The number of likely N-dealkylation sites (tertiary alicyclic amines) is 1. The van der Waals surface area contributed by atoms with Crippen molar-refractivity contribution in [2.75, 3.05) is 23.7 Å². The fraction of sp³-hybridized carbons (Fsp3) is 0.353. The lowest BCUT2D eigenvalue weighted by Crippen LogP contribution is -2.42. The van der Waals surface area contributed by atoms with Crippen LogP contribution in [0.4, 0.5) is 20.7 Å². The van der Waals surface area contributed by atoms with Crippen LogP contribution in [0, 0.1) is 5.82 Å². The predicted molar refractivity (Wildman–Crippen MR) is 95.1 cm³/mol. The molecule has 9 nitrogen and oxygen atoms in total. The Morgan fingerprint density at radius 2 is 1.93 bits per heavy atom. The molecular weight excluding hydrogens is 357 g/mol. The van der Waals surface area contributed by atoms with Crippen LogP contribution in [0.25, 0.3) is 0 Å². The van der Waals surface area contributed by atoms with Gasteiger partial charge in [0.05, 0.1) is 6.10 Å². The van der Waals surface area contributed by atoms with Crippen molar-refractivity contribution >= 4 is 23.4 Å². The number of anilines is 2. The zero-order valence-corrected chi connectivity index (χ0v) is 14.6. The Balaban J connectivity index is 1.65. The number of rotatable bonds is 3. The molecule has 0 aliphatic carbocycles. The van der Waals surface area contributed by atoms with E-state index in [-0.39, 0.29) is 29.3 Å². The molecule has 10 heteroatoms. The Bertz CT molecular complexity index is 861. The van der Waals surface area contributed by atoms with Crippen LogP contribution >= 0.6 is 0 Å². The van der Waals surface area contributed by atoms with Crippen molar-refractivity contribution in [3.8, 4) is 5.75 Å². The van der Waals surface area contributed by atoms with Gasteiger partial charge in [-0.05, 0) is 25.0 Å². The number of hydrogen-bond donors (Lipinski definition) is 4. The Morgan fingerprint density at radius 3 is 2.59 bits per heavy atom. The summed E-state index contributed by atoms with van der Waals surface area (Å²) < 4.78 is 14.7. The van der Waals surface area contributed by atoms with Gasteiger partial charge in [0, 0.05) is 38.0 Å². The maximum absolute atomic E-state index is 13.4. The van der Waals surface area contributed by atoms with Crippen LogP contribution < -0.4 is 10.6 Å². The number of phenols is 1. The van der Waals surface area contributed by atoms with E-state index in [9.17, 15) is 24.2 Å². The molecule has 0 unspecified atom stereocenters. The lowest BCUT2D eigenvalue weighted by molar-refractivity contribution is 0.0970. The van der Waals surface area contributed by atoms with Gasteiger partial charge in [-0.25, -0.2) is 9.18 Å². The van der Waals surface area contributed by atoms with Gasteiger partial charge in [-0.2, -0.15) is 5.10 Å². The van der Waals surface area contributed by atoms with Crippen LogP contribution in [0.3, 0.4) is 0 Å². The van der Waals surface area contributed by atoms with Gasteiger partial charge in [0.2, 0.25) is 0 Å². The number of urea groups is 1. The first-order valence-corrected chi connectivity index (χ1v) is 8.41. The second-order valence-corrected chi connectivity index (χ2v) is 6.31. The fourth-order valence-corrected chi connectivity index (χ4v) is 2.78. The molecule has 0 spiro atoms. The average molecular weight is 377 g/mol. The lowest BCUT2D eigenvalue weighted by atomic mass is 10.1. The normalized spacial score (nSPS) is 14.9. The second kappa shape index (κ2) is 7.62. The van der Waals surface area contributed by atoms with Crippen LogP contribution in [0.2, 0.25) is 0 Å². The number of piperidine rings is 1. The van der Waals surface area contributed by atoms with Crippen molar-refractivity contribution in [3.63, 3.8) is 0 Å². The minimum Gasteiger partial charge on any atom is -0.505 e. The largest absolute Gasteiger partial charge is 0.505 e. The predicted octanol–water partition coefficient (Wildman–Crippen LogP) is 1.51. The molecule has 0 saturated carbocycles. The summed E-state index contributed by atoms with van der Waals surface area (Å²) in [7, 11) is 1.54. The van der Waals surface area contributed by atoms with Gasteiger partial charge >= 0.3 is 6.03 Å². The number of nitrogens with zero attached hydrogens (tertiary/aromatic N) is 3. The van der Waals surface area contributed by atoms with Crippen molar-refractivity contribution in [2.24, 2.45) is 7.05 Å². The first-order chi connectivity index (χ1) is 12.8. The zero-order valence-electron chi connectivity index (χ0n) is 14.6. The summed E-state index contributed by atoms with van der Waals surface area (Å²) >= 11 is 0. The molecule has 2 aromatic rings. The molecule has 1 aromatic heterocycles. The maximum Gasteiger partial charge on any atom is 0.323 e. The molecule has 1 saturated heterocycles. The number of aliphatic hydroxyl groups excluding tert-OH is 1. The number of benzene rings is 1. The molecule has 1 aliphatic rings. The fourth-order valence-electron chi connectivity index (χ4n) is 2.78. The number of aliphatic hydroxyl groups is 1. The zero-order chi connectivity index (χ0) is 19.6. The number of carbonyl (C=O) groups excluding carboxylic acids is 2. The lowest BCUT2D eigenvalue weighted by Gasteiger charge is -2.29. The van der Waals surface area contributed by atoms with Gasteiger partial charge < -0.3 is 20.4 Å². The van der Waals surface area contributed by atoms with E-state index in [4.69, 9.17) is 0 Å². The van der Waals surface area contributed by atoms with Crippen LogP contribution in [0.1, 0.15) is 23.3 Å². The number of nitrogens with one attached hydrogen (secondary N) is 2. The molecule has 0 atom stereocenters. The van der Waals surface area contributed by atoms with Crippen molar-refractivity contribution in [3.05, 3.63) is 35.8 Å². The summed E-state index contributed by atoms with van der Waals surface area (Å²) in [6.45, 7) is 0.888. The van der Waals surface area contributed by atoms with Gasteiger partial charge in [0.25, 0.3) is 5.91 Å². The van der Waals surface area contributed by atoms with E-state index >= 15 is 0 Å². The van der Waals surface area contributed by atoms with E-state index < -0.39 is 17.5 Å². The van der Waals surface area contributed by atoms with E-state index in [0.29, 0.717) is 25.9 Å². The molecule has 1 aliphatic heterocycles. The van der Waals surface area contributed by atoms with E-state index in [1.807, 2.05) is 0 Å². The van der Waals surface area contributed by atoms with Crippen LogP contribution in [-0.4, -0.2) is 56.0 Å². The summed E-state index contributed by atoms with van der Waals surface area (Å²) in [5.74, 6) is -1.70. The van der Waals surface area contributed by atoms with Crippen LogP contribution in [0.5, 0.6) is 5.75 Å². The number of halogens is 1. The minimum absolute atomic E-state index is 0.160. The first kappa shape index (κ1) is 18.6. The van der Waals surface area contributed by atoms with Gasteiger partial charge in [0.15, 0.2) is 17.4 Å². The number of carbonyl (C=O) groups is 2. The highest BCUT2D eigenvalue weighted by Gasteiger charge is 2.22. The summed E-state index contributed by atoms with van der Waals surface area (Å²) in [4.78, 5) is 26.2. The highest BCUT2D eigenvalue weighted by Crippen LogP contribution is 2.20. The summed E-state index contributed by atoms with van der Waals surface area (Å²) in [6, 6.07) is 4.54. The number of aromatic hydroxyl groups is 1. The average Bonchev–Trinajstić information content (AvgIpc) is 2.99. The van der Waals surface area contributed by atoms with Crippen LogP contribution in [0.15, 0.2) is 24.3 Å². The Labute approximate surface area is 154 Å². The standard InChI is InChI=1S/C17H20FN5O4/c1-22-13(16(26)19-10-2-3-14(25)12(18)8-10)9-15(21-22)20-17(27)23-6-4-11(24)5-7-23/h2-3,8-9,11,24-25H,4-7H2,1H3,(H,19,26)(H,20,21,27). The molecule has 0 bridgehead atoms. The molecule has 27 heavy (non-hydrogen) atoms. The summed E-state index contributed by atoms with van der Waals surface area (Å²) in [5.41, 5.74) is 0.335. The van der Waals surface area contributed by atoms with Gasteiger partial charge in [-0.3, -0.25) is 14.8 Å². The molecule has 4 N–H and O–H groups in total. The summed E-state index contributed by atoms with van der Waals surface area (Å²) in [5, 5.41) is 27.9. The SMILES string of the molecule is Cn1nc(NC(=O)N2CCC(O)CC2)cc1C(=O)Nc1ccc(O)c(F)c1. The highest BCUT2D eigenvalue weighted by atomic mass is 19.1. The summed E-state index contributed by atoms with van der Waals surface area (Å²) in [6.07, 6.45) is 0.655. The van der Waals surface area contributed by atoms with Crippen molar-refractivity contribution < 1.29 is 24.2 Å². The number of phenolic OH excluding ortho intramolecular Hbond substituents is 1. The number of aromatic nitrogens is 2. The molecule has 1 fully saturated rings. The van der Waals surface area contributed by atoms with E-state index in [0.717, 1.165) is 12.1 Å².